The van der Waals surface area contributed by atoms with Gasteiger partial charge in [0.05, 0.1) is 1.37 Å². The van der Waals surface area contributed by atoms with Crippen molar-refractivity contribution in [3.05, 3.63) is 96.9 Å². The minimum atomic E-state index is -0.534. The molecule has 1 N–H and O–H groups in total. The predicted molar refractivity (Wildman–Crippen MR) is 187 cm³/mol. The number of carbonyl (C=O) groups excluding carboxylic acids is 1. The number of nitrogens with zero attached hydrogens (tertiary/aromatic N) is 1. The molecule has 4 aromatic rings. The minimum absolute atomic E-state index is 0. The summed E-state index contributed by atoms with van der Waals surface area (Å²) >= 11 is 3.72. The Hall–Kier alpha value is -2.57. The van der Waals surface area contributed by atoms with E-state index in [2.05, 4.69) is 71.7 Å². The van der Waals surface area contributed by atoms with Crippen molar-refractivity contribution in [3.8, 4) is 11.3 Å². The molecule has 0 unspecified atom stereocenters. The molecule has 0 spiro atoms. The molecule has 235 valence electrons. The first-order valence-corrected chi connectivity index (χ1v) is 17.2. The van der Waals surface area contributed by atoms with Gasteiger partial charge < -0.3 is 10.1 Å². The fraction of sp³-hybridized carbons (Fsp3) is 0.316. The van der Waals surface area contributed by atoms with E-state index in [0.717, 1.165) is 24.1 Å². The molecule has 0 saturated heterocycles. The number of hydrogen-bond acceptors (Lipinski definition) is 5. The third-order valence-electron chi connectivity index (χ3n) is 9.66. The number of aliphatic hydroxyl groups excluding tert-OH is 1. The van der Waals surface area contributed by atoms with Crippen LogP contribution < -0.4 is 16.4 Å². The van der Waals surface area contributed by atoms with Gasteiger partial charge in [0.15, 0.2) is 5.78 Å². The number of hydrogen-bond donors (Lipinski definition) is 1. The van der Waals surface area contributed by atoms with Crippen molar-refractivity contribution in [1.29, 1.82) is 0 Å². The molecular formula is C38H41BIrNO2S2-. The van der Waals surface area contributed by atoms with Crippen molar-refractivity contribution in [1.82, 2.24) is 4.98 Å². The number of rotatable bonds is 8. The Kier molecular flexibility index (Phi) is 11.2. The molecule has 0 amide bonds. The van der Waals surface area contributed by atoms with Crippen LogP contribution >= 0.6 is 23.5 Å². The Morgan fingerprint density at radius 3 is 1.98 bits per heavy atom. The Labute approximate surface area is 293 Å². The molecule has 0 aliphatic carbocycles. The van der Waals surface area contributed by atoms with Crippen molar-refractivity contribution in [2.75, 3.05) is 0 Å². The number of aliphatic hydroxyl groups is 1. The number of allylic oxidation sites excluding steroid dienone is 2. The molecule has 6 rings (SSSR count). The summed E-state index contributed by atoms with van der Waals surface area (Å²) in [6.45, 7) is 11.9. The first-order chi connectivity index (χ1) is 21.6. The summed E-state index contributed by atoms with van der Waals surface area (Å²) in [6, 6.07) is 29.2. The summed E-state index contributed by atoms with van der Waals surface area (Å²) in [6.07, 6.45) is 4.68. The second-order valence-corrected chi connectivity index (χ2v) is 14.2. The van der Waals surface area contributed by atoms with Crippen molar-refractivity contribution in [2.45, 2.75) is 86.8 Å². The summed E-state index contributed by atoms with van der Waals surface area (Å²) < 4.78 is 7.99. The number of carbonyl (C=O) groups is 1. The fourth-order valence-corrected chi connectivity index (χ4v) is 8.06. The Bertz CT molecular complexity index is 1730. The molecular weight excluding hydrogens is 770 g/mol. The van der Waals surface area contributed by atoms with Crippen molar-refractivity contribution in [3.63, 3.8) is 0 Å². The van der Waals surface area contributed by atoms with E-state index in [1.165, 1.54) is 36.0 Å². The van der Waals surface area contributed by atoms with Crippen molar-refractivity contribution >= 4 is 52.4 Å². The molecule has 1 aromatic heterocycles. The number of fused-ring (bicyclic) bond motifs is 4. The summed E-state index contributed by atoms with van der Waals surface area (Å²) in [5, 5.41) is 10.2. The van der Waals surface area contributed by atoms with E-state index in [0.29, 0.717) is 12.8 Å². The average molecular weight is 812 g/mol. The van der Waals surface area contributed by atoms with Crippen LogP contribution in [0.1, 0.15) is 68.6 Å². The number of pyridine rings is 1. The Morgan fingerprint density at radius 1 is 0.867 bits per heavy atom. The quantitative estimate of drug-likeness (QED) is 0.0723. The van der Waals surface area contributed by atoms with Gasteiger partial charge in [0.1, 0.15) is 5.76 Å². The number of ketones is 1. The molecule has 2 aliphatic heterocycles. The van der Waals surface area contributed by atoms with Gasteiger partial charge in [-0.1, -0.05) is 111 Å². The molecule has 2 aliphatic rings. The third-order valence-corrected chi connectivity index (χ3v) is 12.0. The van der Waals surface area contributed by atoms with Crippen molar-refractivity contribution < 1.29 is 31.4 Å². The molecule has 3 nitrogen and oxygen atoms in total. The van der Waals surface area contributed by atoms with Gasteiger partial charge in [-0.25, -0.2) is 0 Å². The fourth-order valence-electron chi connectivity index (χ4n) is 5.59. The zero-order valence-corrected chi connectivity index (χ0v) is 30.9. The van der Waals surface area contributed by atoms with Gasteiger partial charge in [0.2, 0.25) is 6.71 Å². The van der Waals surface area contributed by atoms with Crippen LogP contribution in [0.15, 0.2) is 110 Å². The second-order valence-electron chi connectivity index (χ2n) is 12.0. The standard InChI is InChI=1S/C23H13BNS2.C15H28O2.Ir/c1-3-10-19-16(7-1)24-17-8-2-4-11-20(17)27-23-15(18-9-5-6-14-25-18)12-13-21(26-19)22(23)24;1-7-14(5,8-2)12(16)11-13(17)15(6,9-3)10-4;/h1-11,13-14H;11,16H,7-10H2,1-6H3;/q-1;;/b;12-11-;/i;11D;. The van der Waals surface area contributed by atoms with E-state index in [1.54, 1.807) is 0 Å². The largest absolute Gasteiger partial charge is 0.512 e. The van der Waals surface area contributed by atoms with Crippen LogP contribution in [0.2, 0.25) is 0 Å². The molecule has 45 heavy (non-hydrogen) atoms. The average Bonchev–Trinajstić information content (AvgIpc) is 3.10. The first kappa shape index (κ1) is 33.8. The maximum Gasteiger partial charge on any atom is 0.227 e. The van der Waals surface area contributed by atoms with Gasteiger partial charge in [0.25, 0.3) is 0 Å². The minimum Gasteiger partial charge on any atom is -0.512 e. The first-order valence-electron chi connectivity index (χ1n) is 16.1. The zero-order valence-electron chi connectivity index (χ0n) is 27.9. The van der Waals surface area contributed by atoms with Gasteiger partial charge in [-0.05, 0) is 59.4 Å². The van der Waals surface area contributed by atoms with Gasteiger partial charge in [0, 0.05) is 43.2 Å². The SMILES string of the molecule is [2H]/C(C(=O)C(C)(CC)CC)=C(/O)C(C)(CC)CC.[Ir].[c-]1cc2c3c(c1-c1ccccn1)Sc1ccccc1B3c1ccccc1S2. The summed E-state index contributed by atoms with van der Waals surface area (Å²) in [7, 11) is 0. The Balaban J connectivity index is 0.000000225. The smallest absolute Gasteiger partial charge is 0.227 e. The van der Waals surface area contributed by atoms with Crippen molar-refractivity contribution in [2.24, 2.45) is 10.8 Å². The molecule has 0 bridgehead atoms. The van der Waals surface area contributed by atoms with Gasteiger partial charge in [-0.3, -0.25) is 4.79 Å². The van der Waals surface area contributed by atoms with Crippen LogP contribution in [0.3, 0.4) is 0 Å². The predicted octanol–water partition coefficient (Wildman–Crippen LogP) is 8.64. The van der Waals surface area contributed by atoms with E-state index in [1.807, 2.05) is 83.4 Å². The molecule has 3 aromatic carbocycles. The third kappa shape index (κ3) is 6.93. The number of aromatic nitrogens is 1. The van der Waals surface area contributed by atoms with E-state index in [9.17, 15) is 9.90 Å². The van der Waals surface area contributed by atoms with Crippen LogP contribution in [-0.4, -0.2) is 22.6 Å². The topological polar surface area (TPSA) is 50.2 Å². The van der Waals surface area contributed by atoms with Gasteiger partial charge in [-0.15, -0.1) is 46.7 Å². The molecule has 0 fully saturated rings. The molecule has 0 atom stereocenters. The van der Waals surface area contributed by atoms with Gasteiger partial charge >= 0.3 is 0 Å². The normalized spacial score (nSPS) is 13.9. The molecule has 1 radical (unpaired) electrons. The molecule has 0 saturated carbocycles. The van der Waals surface area contributed by atoms with Crippen LogP contribution in [0, 0.1) is 16.9 Å². The van der Waals surface area contributed by atoms with E-state index < -0.39 is 10.8 Å². The summed E-state index contributed by atoms with van der Waals surface area (Å²) in [5.41, 5.74) is 5.33. The van der Waals surface area contributed by atoms with E-state index in [4.69, 9.17) is 1.37 Å². The van der Waals surface area contributed by atoms with E-state index >= 15 is 0 Å². The monoisotopic (exact) mass is 812 g/mol. The summed E-state index contributed by atoms with van der Waals surface area (Å²) in [4.78, 5) is 22.2. The molecule has 7 heteroatoms. The Morgan fingerprint density at radius 2 is 1.42 bits per heavy atom. The summed E-state index contributed by atoms with van der Waals surface area (Å²) in [5.74, 6) is -0.288. The van der Waals surface area contributed by atoms with Crippen LogP contribution in [0.25, 0.3) is 11.3 Å². The maximum atomic E-state index is 12.3. The second kappa shape index (κ2) is 14.9. The maximum absolute atomic E-state index is 12.3. The van der Waals surface area contributed by atoms with Gasteiger partial charge in [-0.2, -0.15) is 0 Å². The van der Waals surface area contributed by atoms with Crippen LogP contribution in [0.5, 0.6) is 0 Å². The molecule has 3 heterocycles. The van der Waals surface area contributed by atoms with E-state index in [-0.39, 0.29) is 44.4 Å². The zero-order chi connectivity index (χ0) is 32.4. The van der Waals surface area contributed by atoms with Crippen LogP contribution in [-0.2, 0) is 24.9 Å². The number of benzene rings is 3. The van der Waals surface area contributed by atoms with Crippen LogP contribution in [0.4, 0.5) is 0 Å².